The number of carbonyl (C=O) groups is 3. The SMILES string of the molecule is COC(=O)CNC(=O)CNC(=O)[C@@H](N)Cc1ccc(O)cc1. The highest BCUT2D eigenvalue weighted by molar-refractivity contribution is 5.88. The second kappa shape index (κ2) is 8.63. The predicted molar refractivity (Wildman–Crippen MR) is 77.8 cm³/mol. The first-order valence-corrected chi connectivity index (χ1v) is 6.57. The summed E-state index contributed by atoms with van der Waals surface area (Å²) in [6, 6.07) is 5.50. The number of aromatic hydroxyl groups is 1. The molecule has 0 fully saturated rings. The molecule has 2 amide bonds. The van der Waals surface area contributed by atoms with Crippen molar-refractivity contribution in [2.45, 2.75) is 12.5 Å². The Morgan fingerprint density at radius 1 is 1.18 bits per heavy atom. The highest BCUT2D eigenvalue weighted by atomic mass is 16.5. The van der Waals surface area contributed by atoms with Crippen molar-refractivity contribution in [3.05, 3.63) is 29.8 Å². The van der Waals surface area contributed by atoms with E-state index in [1.807, 2.05) is 0 Å². The average Bonchev–Trinajstić information content (AvgIpc) is 2.52. The van der Waals surface area contributed by atoms with Gasteiger partial charge in [-0.1, -0.05) is 12.1 Å². The molecular weight excluding hydrogens is 290 g/mol. The van der Waals surface area contributed by atoms with E-state index >= 15 is 0 Å². The van der Waals surface area contributed by atoms with Crippen LogP contribution in [-0.2, 0) is 25.5 Å². The first-order valence-electron chi connectivity index (χ1n) is 6.57. The van der Waals surface area contributed by atoms with Crippen molar-refractivity contribution in [3.8, 4) is 5.75 Å². The minimum absolute atomic E-state index is 0.129. The molecule has 1 aromatic carbocycles. The van der Waals surface area contributed by atoms with E-state index in [1.54, 1.807) is 12.1 Å². The van der Waals surface area contributed by atoms with Gasteiger partial charge in [0.25, 0.3) is 0 Å². The van der Waals surface area contributed by atoms with E-state index in [4.69, 9.17) is 10.8 Å². The monoisotopic (exact) mass is 309 g/mol. The third-order valence-corrected chi connectivity index (χ3v) is 2.81. The van der Waals surface area contributed by atoms with Crippen LogP contribution in [0.1, 0.15) is 5.56 Å². The number of ether oxygens (including phenoxy) is 1. The van der Waals surface area contributed by atoms with Gasteiger partial charge in [0, 0.05) is 0 Å². The van der Waals surface area contributed by atoms with Gasteiger partial charge in [-0.2, -0.15) is 0 Å². The summed E-state index contributed by atoms with van der Waals surface area (Å²) in [6.45, 7) is -0.538. The van der Waals surface area contributed by atoms with Gasteiger partial charge in [-0.25, -0.2) is 0 Å². The molecule has 0 aliphatic heterocycles. The third kappa shape index (κ3) is 6.23. The average molecular weight is 309 g/mol. The lowest BCUT2D eigenvalue weighted by Gasteiger charge is -2.12. The van der Waals surface area contributed by atoms with E-state index in [9.17, 15) is 14.4 Å². The van der Waals surface area contributed by atoms with Crippen molar-refractivity contribution >= 4 is 17.8 Å². The van der Waals surface area contributed by atoms with Crippen LogP contribution in [0.25, 0.3) is 0 Å². The number of phenolic OH excluding ortho intramolecular Hbond substituents is 1. The van der Waals surface area contributed by atoms with Crippen LogP contribution in [0.15, 0.2) is 24.3 Å². The molecule has 5 N–H and O–H groups in total. The molecule has 8 nitrogen and oxygen atoms in total. The Bertz CT molecular complexity index is 530. The second-order valence-corrected chi connectivity index (χ2v) is 4.55. The molecule has 120 valence electrons. The summed E-state index contributed by atoms with van der Waals surface area (Å²) in [4.78, 5) is 34.0. The molecule has 22 heavy (non-hydrogen) atoms. The zero-order valence-corrected chi connectivity index (χ0v) is 12.2. The summed E-state index contributed by atoms with van der Waals surface area (Å²) >= 11 is 0. The van der Waals surface area contributed by atoms with E-state index in [0.29, 0.717) is 0 Å². The molecule has 0 aliphatic carbocycles. The summed E-state index contributed by atoms with van der Waals surface area (Å²) in [5, 5.41) is 13.8. The van der Waals surface area contributed by atoms with E-state index in [0.717, 1.165) is 5.56 Å². The maximum absolute atomic E-state index is 11.8. The van der Waals surface area contributed by atoms with Crippen LogP contribution in [0.3, 0.4) is 0 Å². The smallest absolute Gasteiger partial charge is 0.325 e. The first-order chi connectivity index (χ1) is 10.4. The number of nitrogens with two attached hydrogens (primary N) is 1. The van der Waals surface area contributed by atoms with Crippen LogP contribution in [0.2, 0.25) is 0 Å². The van der Waals surface area contributed by atoms with E-state index in [1.165, 1.54) is 19.2 Å². The zero-order chi connectivity index (χ0) is 16.5. The molecule has 8 heteroatoms. The summed E-state index contributed by atoms with van der Waals surface area (Å²) in [7, 11) is 1.21. The molecule has 0 bridgehead atoms. The largest absolute Gasteiger partial charge is 0.508 e. The molecule has 0 heterocycles. The van der Waals surface area contributed by atoms with Crippen LogP contribution < -0.4 is 16.4 Å². The number of phenols is 1. The standard InChI is InChI=1S/C14H19N3O5/c1-22-13(20)8-16-12(19)7-17-14(21)11(15)6-9-2-4-10(18)5-3-9/h2-5,11,18H,6-8,15H2,1H3,(H,16,19)(H,17,21)/t11-/m0/s1. The quantitative estimate of drug-likeness (QED) is 0.461. The lowest BCUT2D eigenvalue weighted by Crippen LogP contribution is -2.46. The van der Waals surface area contributed by atoms with Crippen molar-refractivity contribution in [1.82, 2.24) is 10.6 Å². The molecule has 0 unspecified atom stereocenters. The number of benzene rings is 1. The summed E-state index contributed by atoms with van der Waals surface area (Å²) in [5.41, 5.74) is 6.52. The number of carbonyl (C=O) groups excluding carboxylic acids is 3. The van der Waals surface area contributed by atoms with E-state index in [-0.39, 0.29) is 25.3 Å². The Balaban J connectivity index is 2.33. The van der Waals surface area contributed by atoms with Crippen molar-refractivity contribution in [2.24, 2.45) is 5.73 Å². The van der Waals surface area contributed by atoms with E-state index < -0.39 is 23.8 Å². The zero-order valence-electron chi connectivity index (χ0n) is 12.2. The number of amides is 2. The summed E-state index contributed by atoms with van der Waals surface area (Å²) in [6.07, 6.45) is 0.274. The van der Waals surface area contributed by atoms with Gasteiger partial charge >= 0.3 is 5.97 Å². The fourth-order valence-electron chi connectivity index (χ4n) is 1.58. The fraction of sp³-hybridized carbons (Fsp3) is 0.357. The minimum Gasteiger partial charge on any atom is -0.508 e. The maximum Gasteiger partial charge on any atom is 0.325 e. The molecular formula is C14H19N3O5. The minimum atomic E-state index is -0.821. The lowest BCUT2D eigenvalue weighted by atomic mass is 10.1. The van der Waals surface area contributed by atoms with Crippen LogP contribution in [0, 0.1) is 0 Å². The predicted octanol–water partition coefficient (Wildman–Crippen LogP) is -1.33. The molecule has 0 saturated heterocycles. The third-order valence-electron chi connectivity index (χ3n) is 2.81. The Kier molecular flexibility index (Phi) is 6.84. The number of hydrogen-bond acceptors (Lipinski definition) is 6. The number of hydrogen-bond donors (Lipinski definition) is 4. The Morgan fingerprint density at radius 3 is 2.41 bits per heavy atom. The van der Waals surface area contributed by atoms with Crippen molar-refractivity contribution in [1.29, 1.82) is 0 Å². The second-order valence-electron chi connectivity index (χ2n) is 4.55. The van der Waals surface area contributed by atoms with Gasteiger partial charge in [0.1, 0.15) is 12.3 Å². The number of esters is 1. The van der Waals surface area contributed by atoms with E-state index in [2.05, 4.69) is 15.4 Å². The first kappa shape index (κ1) is 17.4. The topological polar surface area (TPSA) is 131 Å². The molecule has 1 rings (SSSR count). The Hall–Kier alpha value is -2.61. The highest BCUT2D eigenvalue weighted by Crippen LogP contribution is 2.10. The molecule has 0 saturated carbocycles. The van der Waals surface area contributed by atoms with Gasteiger partial charge in [0.2, 0.25) is 11.8 Å². The number of methoxy groups -OCH3 is 1. The summed E-state index contributed by atoms with van der Waals surface area (Å²) in [5.74, 6) is -1.45. The molecule has 1 aromatic rings. The van der Waals surface area contributed by atoms with Gasteiger partial charge in [0.15, 0.2) is 0 Å². The van der Waals surface area contributed by atoms with Gasteiger partial charge < -0.3 is 26.2 Å². The Morgan fingerprint density at radius 2 is 1.82 bits per heavy atom. The summed E-state index contributed by atoms with van der Waals surface area (Å²) < 4.78 is 4.36. The van der Waals surface area contributed by atoms with Crippen LogP contribution in [0.5, 0.6) is 5.75 Å². The number of rotatable bonds is 7. The van der Waals surface area contributed by atoms with Gasteiger partial charge in [-0.3, -0.25) is 14.4 Å². The molecule has 0 spiro atoms. The highest BCUT2D eigenvalue weighted by Gasteiger charge is 2.15. The number of nitrogens with one attached hydrogen (secondary N) is 2. The van der Waals surface area contributed by atoms with Crippen LogP contribution >= 0.6 is 0 Å². The normalized spacial score (nSPS) is 11.4. The van der Waals surface area contributed by atoms with Gasteiger partial charge in [-0.05, 0) is 24.1 Å². The van der Waals surface area contributed by atoms with Gasteiger partial charge in [0.05, 0.1) is 19.7 Å². The van der Waals surface area contributed by atoms with Crippen molar-refractivity contribution in [2.75, 3.05) is 20.2 Å². The molecule has 0 aliphatic rings. The molecule has 0 aromatic heterocycles. The van der Waals surface area contributed by atoms with Gasteiger partial charge in [-0.15, -0.1) is 0 Å². The van der Waals surface area contributed by atoms with Crippen molar-refractivity contribution in [3.63, 3.8) is 0 Å². The molecule has 0 radical (unpaired) electrons. The lowest BCUT2D eigenvalue weighted by molar-refractivity contribution is -0.141. The molecule has 1 atom stereocenters. The van der Waals surface area contributed by atoms with Crippen LogP contribution in [-0.4, -0.2) is 49.1 Å². The van der Waals surface area contributed by atoms with Crippen molar-refractivity contribution < 1.29 is 24.2 Å². The fourth-order valence-corrected chi connectivity index (χ4v) is 1.58. The Labute approximate surface area is 127 Å². The maximum atomic E-state index is 11.8. The van der Waals surface area contributed by atoms with Crippen LogP contribution in [0.4, 0.5) is 0 Å².